The maximum Gasteiger partial charge on any atom is 0.336 e. The number of carboxylic acids is 1. The number of carboxylic acid groups (broad SMARTS) is 1. The number of hydrogen-bond acceptors (Lipinski definition) is 1. The molecule has 0 aliphatic heterocycles. The second kappa shape index (κ2) is 6.96. The fourth-order valence-corrected chi connectivity index (χ4v) is 2.05. The van der Waals surface area contributed by atoms with Crippen molar-refractivity contribution in [2.45, 2.75) is 6.92 Å². The van der Waals surface area contributed by atoms with Crippen LogP contribution in [-0.2, 0) is 4.79 Å². The Morgan fingerprint density at radius 3 is 2.04 bits per heavy atom. The summed E-state index contributed by atoms with van der Waals surface area (Å²) in [6.07, 6.45) is 4.75. The Hall–Kier alpha value is -2.82. The molecule has 2 aromatic carbocycles. The third kappa shape index (κ3) is 3.69. The number of benzene rings is 2. The van der Waals surface area contributed by atoms with Crippen molar-refractivity contribution in [2.24, 2.45) is 0 Å². The molecule has 0 aliphatic rings. The number of halogens is 3. The molecule has 0 heterocycles. The molecule has 0 aromatic heterocycles. The maximum absolute atomic E-state index is 13.3. The van der Waals surface area contributed by atoms with E-state index in [1.165, 1.54) is 30.3 Å². The number of carbonyl (C=O) groups is 1. The number of allylic oxidation sites excluding steroid dienone is 3. The molecule has 0 unspecified atom stereocenters. The van der Waals surface area contributed by atoms with Crippen LogP contribution >= 0.6 is 0 Å². The monoisotopic (exact) mass is 318 g/mol. The molecular weight excluding hydrogens is 305 g/mol. The zero-order valence-corrected chi connectivity index (χ0v) is 12.2. The Balaban J connectivity index is 2.41. The van der Waals surface area contributed by atoms with Gasteiger partial charge in [0.15, 0.2) is 17.5 Å². The van der Waals surface area contributed by atoms with E-state index in [1.807, 2.05) is 0 Å². The molecule has 23 heavy (non-hydrogen) atoms. The highest BCUT2D eigenvalue weighted by atomic mass is 19.2. The first-order chi connectivity index (χ1) is 10.9. The van der Waals surface area contributed by atoms with Crippen LogP contribution in [-0.4, -0.2) is 11.1 Å². The van der Waals surface area contributed by atoms with Gasteiger partial charge in [0.2, 0.25) is 0 Å². The van der Waals surface area contributed by atoms with Crippen LogP contribution < -0.4 is 0 Å². The van der Waals surface area contributed by atoms with Crippen molar-refractivity contribution in [2.75, 3.05) is 0 Å². The number of hydrogen-bond donors (Lipinski definition) is 1. The van der Waals surface area contributed by atoms with Gasteiger partial charge in [-0.1, -0.05) is 36.4 Å². The Kier molecular flexibility index (Phi) is 5.01. The van der Waals surface area contributed by atoms with Crippen LogP contribution in [0.4, 0.5) is 13.2 Å². The fourth-order valence-electron chi connectivity index (χ4n) is 2.05. The van der Waals surface area contributed by atoms with Crippen LogP contribution in [0.25, 0.3) is 16.7 Å². The summed E-state index contributed by atoms with van der Waals surface area (Å²) in [6, 6.07) is 7.88. The molecule has 0 radical (unpaired) electrons. The molecular formula is C18H13F3O2. The van der Waals surface area contributed by atoms with E-state index in [9.17, 15) is 23.1 Å². The molecule has 0 atom stereocenters. The molecule has 0 saturated carbocycles. The van der Waals surface area contributed by atoms with Crippen molar-refractivity contribution in [3.63, 3.8) is 0 Å². The minimum atomic E-state index is -1.52. The summed E-state index contributed by atoms with van der Waals surface area (Å²) in [4.78, 5) is 11.2. The van der Waals surface area contributed by atoms with Gasteiger partial charge in [0.1, 0.15) is 0 Å². The molecule has 0 saturated heterocycles. The zero-order valence-electron chi connectivity index (χ0n) is 12.2. The minimum Gasteiger partial charge on any atom is -0.478 e. The normalized spacial score (nSPS) is 11.9. The van der Waals surface area contributed by atoms with Gasteiger partial charge < -0.3 is 5.11 Å². The summed E-state index contributed by atoms with van der Waals surface area (Å²) in [5, 5.41) is 9.20. The lowest BCUT2D eigenvalue weighted by Crippen LogP contribution is -1.99. The van der Waals surface area contributed by atoms with E-state index in [0.29, 0.717) is 11.1 Å². The van der Waals surface area contributed by atoms with E-state index in [4.69, 9.17) is 0 Å². The van der Waals surface area contributed by atoms with Crippen LogP contribution in [0.3, 0.4) is 0 Å². The van der Waals surface area contributed by atoms with Crippen molar-refractivity contribution >= 4 is 11.5 Å². The van der Waals surface area contributed by atoms with Crippen molar-refractivity contribution in [1.29, 1.82) is 0 Å². The second-order valence-corrected chi connectivity index (χ2v) is 4.74. The van der Waals surface area contributed by atoms with E-state index < -0.39 is 23.4 Å². The summed E-state index contributed by atoms with van der Waals surface area (Å²) in [6.45, 7) is 1.76. The quantitative estimate of drug-likeness (QED) is 0.499. The molecule has 2 aromatic rings. The predicted molar refractivity (Wildman–Crippen MR) is 82.2 cm³/mol. The lowest BCUT2D eigenvalue weighted by molar-refractivity contribution is -0.130. The molecule has 0 aliphatic carbocycles. The lowest BCUT2D eigenvalue weighted by Gasteiger charge is -2.06. The molecule has 0 amide bonds. The largest absolute Gasteiger partial charge is 0.478 e. The first-order valence-electron chi connectivity index (χ1n) is 6.75. The van der Waals surface area contributed by atoms with Gasteiger partial charge in [-0.2, -0.15) is 0 Å². The van der Waals surface area contributed by atoms with Gasteiger partial charge in [-0.3, -0.25) is 0 Å². The fraction of sp³-hybridized carbons (Fsp3) is 0.0556. The zero-order chi connectivity index (χ0) is 17.0. The third-order valence-corrected chi connectivity index (χ3v) is 3.20. The van der Waals surface area contributed by atoms with Gasteiger partial charge >= 0.3 is 5.97 Å². The van der Waals surface area contributed by atoms with Gasteiger partial charge in [-0.25, -0.2) is 18.0 Å². The van der Waals surface area contributed by atoms with Gasteiger partial charge in [-0.15, -0.1) is 0 Å². The van der Waals surface area contributed by atoms with Crippen molar-refractivity contribution in [3.8, 4) is 11.1 Å². The van der Waals surface area contributed by atoms with E-state index >= 15 is 0 Å². The predicted octanol–water partition coefficient (Wildman–Crippen LogP) is 4.82. The van der Waals surface area contributed by atoms with Gasteiger partial charge in [0.25, 0.3) is 0 Å². The SMILES string of the molecule is CC=CC=C(C(=O)O)c1ccc(-c2cc(F)c(F)c(F)c2)cc1. The Bertz CT molecular complexity index is 767. The molecule has 0 spiro atoms. The van der Waals surface area contributed by atoms with Crippen LogP contribution in [0.5, 0.6) is 0 Å². The summed E-state index contributed by atoms with van der Waals surface area (Å²) in [7, 11) is 0. The van der Waals surface area contributed by atoms with E-state index in [-0.39, 0.29) is 11.1 Å². The highest BCUT2D eigenvalue weighted by molar-refractivity contribution is 6.15. The van der Waals surface area contributed by atoms with E-state index in [0.717, 1.165) is 12.1 Å². The molecule has 2 nitrogen and oxygen atoms in total. The molecule has 1 N–H and O–H groups in total. The minimum absolute atomic E-state index is 0.0890. The van der Waals surface area contributed by atoms with Crippen molar-refractivity contribution in [1.82, 2.24) is 0 Å². The second-order valence-electron chi connectivity index (χ2n) is 4.74. The third-order valence-electron chi connectivity index (χ3n) is 3.20. The maximum atomic E-state index is 13.3. The smallest absolute Gasteiger partial charge is 0.336 e. The Labute approximate surface area is 131 Å². The van der Waals surface area contributed by atoms with Crippen LogP contribution in [0.15, 0.2) is 54.6 Å². The Morgan fingerprint density at radius 2 is 1.57 bits per heavy atom. The van der Waals surface area contributed by atoms with Gasteiger partial charge in [0.05, 0.1) is 5.57 Å². The standard InChI is InChI=1S/C18H13F3O2/c1-2-3-4-14(18(22)23)12-7-5-11(6-8-12)13-9-15(19)17(21)16(20)10-13/h2-10H,1H3,(H,22,23). The summed E-state index contributed by atoms with van der Waals surface area (Å²) < 4.78 is 39.5. The molecule has 5 heteroatoms. The highest BCUT2D eigenvalue weighted by Gasteiger charge is 2.13. The summed E-state index contributed by atoms with van der Waals surface area (Å²) >= 11 is 0. The molecule has 2 rings (SSSR count). The van der Waals surface area contributed by atoms with Crippen molar-refractivity contribution in [3.05, 3.63) is 77.6 Å². The average molecular weight is 318 g/mol. The van der Waals surface area contributed by atoms with E-state index in [2.05, 4.69) is 0 Å². The molecule has 0 bridgehead atoms. The summed E-state index contributed by atoms with van der Waals surface area (Å²) in [5.41, 5.74) is 1.15. The number of rotatable bonds is 4. The van der Waals surface area contributed by atoms with Crippen LogP contribution in [0.1, 0.15) is 12.5 Å². The van der Waals surface area contributed by atoms with Crippen LogP contribution in [0, 0.1) is 17.5 Å². The lowest BCUT2D eigenvalue weighted by atomic mass is 10.00. The molecule has 0 fully saturated rings. The average Bonchev–Trinajstić information content (AvgIpc) is 2.53. The summed E-state index contributed by atoms with van der Waals surface area (Å²) in [5.74, 6) is -5.16. The Morgan fingerprint density at radius 1 is 1.00 bits per heavy atom. The van der Waals surface area contributed by atoms with E-state index in [1.54, 1.807) is 19.1 Å². The van der Waals surface area contributed by atoms with Crippen molar-refractivity contribution < 1.29 is 23.1 Å². The number of aliphatic carboxylic acids is 1. The highest BCUT2D eigenvalue weighted by Crippen LogP contribution is 2.25. The topological polar surface area (TPSA) is 37.3 Å². The van der Waals surface area contributed by atoms with Crippen LogP contribution in [0.2, 0.25) is 0 Å². The molecule has 118 valence electrons. The first-order valence-corrected chi connectivity index (χ1v) is 6.75. The van der Waals surface area contributed by atoms with Gasteiger partial charge in [-0.05, 0) is 41.8 Å². The first kappa shape index (κ1) is 16.5. The van der Waals surface area contributed by atoms with Gasteiger partial charge in [0, 0.05) is 0 Å².